The summed E-state index contributed by atoms with van der Waals surface area (Å²) in [6.45, 7) is 2.06. The van der Waals surface area contributed by atoms with E-state index in [0.29, 0.717) is 5.75 Å². The SMILES string of the molecule is CCc1cc(-c2ccc3c(c2)Cc2cn[nH]c2-3)ccc1O. The normalized spacial score (nSPS) is 12.2. The summed E-state index contributed by atoms with van der Waals surface area (Å²) in [5, 5.41) is 17.0. The zero-order valence-electron chi connectivity index (χ0n) is 11.9. The smallest absolute Gasteiger partial charge is 0.118 e. The van der Waals surface area contributed by atoms with Crippen molar-refractivity contribution in [3.63, 3.8) is 0 Å². The van der Waals surface area contributed by atoms with Gasteiger partial charge in [-0.25, -0.2) is 0 Å². The molecule has 3 heteroatoms. The first-order chi connectivity index (χ1) is 10.3. The van der Waals surface area contributed by atoms with Crippen LogP contribution in [0.4, 0.5) is 0 Å². The molecule has 0 saturated heterocycles. The van der Waals surface area contributed by atoms with Crippen molar-refractivity contribution in [3.05, 3.63) is 59.3 Å². The van der Waals surface area contributed by atoms with Gasteiger partial charge in [-0.15, -0.1) is 0 Å². The summed E-state index contributed by atoms with van der Waals surface area (Å²) in [6.07, 6.45) is 3.68. The van der Waals surface area contributed by atoms with Crippen LogP contribution in [0.2, 0.25) is 0 Å². The van der Waals surface area contributed by atoms with E-state index in [9.17, 15) is 5.11 Å². The number of aromatic amines is 1. The number of nitrogens with zero attached hydrogens (tertiary/aromatic N) is 1. The van der Waals surface area contributed by atoms with Crippen molar-refractivity contribution in [2.75, 3.05) is 0 Å². The molecule has 0 spiro atoms. The third-order valence-corrected chi connectivity index (χ3v) is 4.27. The Balaban J connectivity index is 1.79. The number of hydrogen-bond donors (Lipinski definition) is 2. The number of hydrogen-bond acceptors (Lipinski definition) is 2. The number of H-pyrrole nitrogens is 1. The van der Waals surface area contributed by atoms with Crippen molar-refractivity contribution in [3.8, 4) is 28.1 Å². The lowest BCUT2D eigenvalue weighted by Crippen LogP contribution is -1.87. The van der Waals surface area contributed by atoms with Gasteiger partial charge in [-0.1, -0.05) is 31.2 Å². The zero-order valence-corrected chi connectivity index (χ0v) is 11.9. The molecule has 1 aromatic heterocycles. The Morgan fingerprint density at radius 1 is 1.10 bits per heavy atom. The van der Waals surface area contributed by atoms with Crippen molar-refractivity contribution >= 4 is 0 Å². The number of aryl methyl sites for hydroxylation is 1. The second-order valence-corrected chi connectivity index (χ2v) is 5.52. The largest absolute Gasteiger partial charge is 0.508 e. The molecule has 0 bridgehead atoms. The molecular formula is C18H16N2O. The summed E-state index contributed by atoms with van der Waals surface area (Å²) in [5.74, 6) is 0.378. The molecule has 0 aliphatic heterocycles. The Hall–Kier alpha value is -2.55. The van der Waals surface area contributed by atoms with Crippen LogP contribution in [-0.2, 0) is 12.8 Å². The van der Waals surface area contributed by atoms with Crippen molar-refractivity contribution in [1.82, 2.24) is 10.2 Å². The van der Waals surface area contributed by atoms with E-state index < -0.39 is 0 Å². The van der Waals surface area contributed by atoms with E-state index in [2.05, 4.69) is 41.4 Å². The van der Waals surface area contributed by atoms with Crippen LogP contribution in [-0.4, -0.2) is 15.3 Å². The minimum absolute atomic E-state index is 0.378. The van der Waals surface area contributed by atoms with Crippen LogP contribution in [0, 0.1) is 0 Å². The van der Waals surface area contributed by atoms with Gasteiger partial charge < -0.3 is 5.11 Å². The molecule has 104 valence electrons. The minimum Gasteiger partial charge on any atom is -0.508 e. The van der Waals surface area contributed by atoms with E-state index in [1.54, 1.807) is 6.07 Å². The second kappa shape index (κ2) is 4.48. The zero-order chi connectivity index (χ0) is 14.4. The third-order valence-electron chi connectivity index (χ3n) is 4.27. The summed E-state index contributed by atoms with van der Waals surface area (Å²) in [5.41, 5.74) is 8.34. The topological polar surface area (TPSA) is 48.9 Å². The van der Waals surface area contributed by atoms with Crippen molar-refractivity contribution in [2.24, 2.45) is 0 Å². The summed E-state index contributed by atoms with van der Waals surface area (Å²) in [6, 6.07) is 12.4. The lowest BCUT2D eigenvalue weighted by Gasteiger charge is -2.08. The molecule has 0 unspecified atom stereocenters. The number of benzene rings is 2. The van der Waals surface area contributed by atoms with Gasteiger partial charge >= 0.3 is 0 Å². The molecule has 2 N–H and O–H groups in total. The maximum absolute atomic E-state index is 9.82. The fourth-order valence-electron chi connectivity index (χ4n) is 3.10. The number of phenolic OH excluding ortho intramolecular Hbond substituents is 1. The molecule has 0 radical (unpaired) electrons. The predicted molar refractivity (Wildman–Crippen MR) is 83.3 cm³/mol. The van der Waals surface area contributed by atoms with Gasteiger partial charge in [-0.3, -0.25) is 5.10 Å². The summed E-state index contributed by atoms with van der Waals surface area (Å²) in [4.78, 5) is 0. The molecule has 3 nitrogen and oxygen atoms in total. The summed E-state index contributed by atoms with van der Waals surface area (Å²) >= 11 is 0. The Morgan fingerprint density at radius 3 is 2.76 bits per heavy atom. The molecule has 0 saturated carbocycles. The molecule has 1 heterocycles. The van der Waals surface area contributed by atoms with E-state index in [4.69, 9.17) is 0 Å². The van der Waals surface area contributed by atoms with Crippen molar-refractivity contribution in [1.29, 1.82) is 0 Å². The average Bonchev–Trinajstić information content (AvgIpc) is 3.07. The van der Waals surface area contributed by atoms with Gasteiger partial charge in [0.1, 0.15) is 5.75 Å². The van der Waals surface area contributed by atoms with Gasteiger partial charge in [0.25, 0.3) is 0 Å². The molecule has 1 aliphatic carbocycles. The number of aromatic nitrogens is 2. The molecule has 21 heavy (non-hydrogen) atoms. The third kappa shape index (κ3) is 1.85. The Kier molecular flexibility index (Phi) is 2.61. The van der Waals surface area contributed by atoms with Crippen molar-refractivity contribution < 1.29 is 5.11 Å². The summed E-state index contributed by atoms with van der Waals surface area (Å²) in [7, 11) is 0. The highest BCUT2D eigenvalue weighted by atomic mass is 16.3. The number of rotatable bonds is 2. The van der Waals surface area contributed by atoms with Gasteiger partial charge in [0.15, 0.2) is 0 Å². The van der Waals surface area contributed by atoms with E-state index in [-0.39, 0.29) is 0 Å². The van der Waals surface area contributed by atoms with Gasteiger partial charge in [-0.05, 0) is 40.8 Å². The number of aromatic hydroxyl groups is 1. The van der Waals surface area contributed by atoms with Gasteiger partial charge in [0.05, 0.1) is 11.9 Å². The number of phenols is 1. The van der Waals surface area contributed by atoms with Gasteiger partial charge in [-0.2, -0.15) is 5.10 Å². The molecule has 4 rings (SSSR count). The van der Waals surface area contributed by atoms with Crippen LogP contribution in [0.5, 0.6) is 5.75 Å². The standard InChI is InChI=1S/C18H16N2O/c1-2-11-7-13(4-6-17(11)21)12-3-5-16-14(8-12)9-15-10-19-20-18(15)16/h3-8,10,21H,2,9H2,1H3,(H,19,20). The maximum atomic E-state index is 9.82. The molecule has 0 fully saturated rings. The van der Waals surface area contributed by atoms with Crippen LogP contribution in [0.25, 0.3) is 22.4 Å². The van der Waals surface area contributed by atoms with Crippen LogP contribution in [0.15, 0.2) is 42.6 Å². The van der Waals surface area contributed by atoms with E-state index in [1.807, 2.05) is 12.3 Å². The first-order valence-electron chi connectivity index (χ1n) is 7.24. The summed E-state index contributed by atoms with van der Waals surface area (Å²) < 4.78 is 0. The predicted octanol–water partition coefficient (Wildman–Crippen LogP) is 3.92. The fraction of sp³-hybridized carbons (Fsp3) is 0.167. The van der Waals surface area contributed by atoms with Gasteiger partial charge in [0, 0.05) is 17.5 Å². The average molecular weight is 276 g/mol. The molecular weight excluding hydrogens is 260 g/mol. The quantitative estimate of drug-likeness (QED) is 0.583. The molecule has 1 aliphatic rings. The van der Waals surface area contributed by atoms with Gasteiger partial charge in [0.2, 0.25) is 0 Å². The number of nitrogens with one attached hydrogen (secondary N) is 1. The first-order valence-corrected chi connectivity index (χ1v) is 7.24. The Labute approximate surface area is 123 Å². The first kappa shape index (κ1) is 12.2. The lowest BCUT2D eigenvalue weighted by molar-refractivity contribution is 0.469. The van der Waals surface area contributed by atoms with E-state index >= 15 is 0 Å². The fourth-order valence-corrected chi connectivity index (χ4v) is 3.10. The maximum Gasteiger partial charge on any atom is 0.118 e. The van der Waals surface area contributed by atoms with Crippen LogP contribution >= 0.6 is 0 Å². The molecule has 2 aromatic carbocycles. The highest BCUT2D eigenvalue weighted by Crippen LogP contribution is 2.37. The number of fused-ring (bicyclic) bond motifs is 3. The monoisotopic (exact) mass is 276 g/mol. The highest BCUT2D eigenvalue weighted by Gasteiger charge is 2.20. The van der Waals surface area contributed by atoms with Crippen molar-refractivity contribution in [2.45, 2.75) is 19.8 Å². The molecule has 3 aromatic rings. The Bertz CT molecular complexity index is 833. The highest BCUT2D eigenvalue weighted by molar-refractivity contribution is 5.78. The molecule has 0 atom stereocenters. The minimum atomic E-state index is 0.378. The Morgan fingerprint density at radius 2 is 1.90 bits per heavy atom. The van der Waals surface area contributed by atoms with Crippen LogP contribution < -0.4 is 0 Å². The van der Waals surface area contributed by atoms with Crippen LogP contribution in [0.1, 0.15) is 23.6 Å². The lowest BCUT2D eigenvalue weighted by atomic mass is 9.98. The van der Waals surface area contributed by atoms with Crippen LogP contribution in [0.3, 0.4) is 0 Å². The van der Waals surface area contributed by atoms with E-state index in [1.165, 1.54) is 22.3 Å². The van der Waals surface area contributed by atoms with E-state index in [0.717, 1.165) is 29.7 Å². The second-order valence-electron chi connectivity index (χ2n) is 5.52. The molecule has 0 amide bonds.